The van der Waals surface area contributed by atoms with Crippen molar-refractivity contribution in [2.45, 2.75) is 52.5 Å². The van der Waals surface area contributed by atoms with Gasteiger partial charge in [0.25, 0.3) is 0 Å². The molecule has 0 spiro atoms. The zero-order chi connectivity index (χ0) is 19.3. The second kappa shape index (κ2) is 8.46. The molecular weight excluding hydrogens is 340 g/mol. The van der Waals surface area contributed by atoms with Crippen molar-refractivity contribution in [2.24, 2.45) is 4.99 Å². The van der Waals surface area contributed by atoms with E-state index in [0.29, 0.717) is 12.4 Å². The first-order valence-corrected chi connectivity index (χ1v) is 9.67. The van der Waals surface area contributed by atoms with Gasteiger partial charge in [-0.2, -0.15) is 0 Å². The van der Waals surface area contributed by atoms with Gasteiger partial charge in [-0.1, -0.05) is 32.9 Å². The van der Waals surface area contributed by atoms with E-state index in [2.05, 4.69) is 66.5 Å². The Bertz CT molecular complexity index is 790. The molecule has 2 N–H and O–H groups in total. The highest BCUT2D eigenvalue weighted by molar-refractivity contribution is 5.79. The summed E-state index contributed by atoms with van der Waals surface area (Å²) in [7, 11) is 0. The summed E-state index contributed by atoms with van der Waals surface area (Å²) in [6, 6.07) is 6.46. The fourth-order valence-corrected chi connectivity index (χ4v) is 2.94. The van der Waals surface area contributed by atoms with Crippen molar-refractivity contribution in [3.05, 3.63) is 47.2 Å². The average Bonchev–Trinajstić information content (AvgIpc) is 3.28. The number of aliphatic imine (C=N–C) groups is 1. The second-order valence-electron chi connectivity index (χ2n) is 7.78. The van der Waals surface area contributed by atoms with E-state index in [0.717, 1.165) is 50.0 Å². The van der Waals surface area contributed by atoms with Gasteiger partial charge in [-0.3, -0.25) is 0 Å². The van der Waals surface area contributed by atoms with E-state index in [-0.39, 0.29) is 5.41 Å². The summed E-state index contributed by atoms with van der Waals surface area (Å²) in [6.45, 7) is 11.2. The molecule has 6 heteroatoms. The largest absolute Gasteiger partial charge is 0.493 e. The molecule has 1 aliphatic heterocycles. The third kappa shape index (κ3) is 5.25. The molecule has 1 aromatic heterocycles. The van der Waals surface area contributed by atoms with E-state index in [1.165, 1.54) is 11.1 Å². The summed E-state index contributed by atoms with van der Waals surface area (Å²) in [6.07, 6.45) is 3.74. The molecule has 6 nitrogen and oxygen atoms in total. The van der Waals surface area contributed by atoms with Crippen LogP contribution in [0.4, 0.5) is 0 Å². The maximum atomic E-state index is 5.81. The van der Waals surface area contributed by atoms with Crippen LogP contribution in [-0.2, 0) is 24.8 Å². The summed E-state index contributed by atoms with van der Waals surface area (Å²) in [5.41, 5.74) is 2.58. The van der Waals surface area contributed by atoms with Crippen LogP contribution in [0.3, 0.4) is 0 Å². The molecule has 0 saturated heterocycles. The highest BCUT2D eigenvalue weighted by atomic mass is 16.5. The van der Waals surface area contributed by atoms with Gasteiger partial charge >= 0.3 is 0 Å². The predicted molar refractivity (Wildman–Crippen MR) is 107 cm³/mol. The smallest absolute Gasteiger partial charge is 0.216 e. The number of ether oxygens (including phenoxy) is 1. The van der Waals surface area contributed by atoms with Gasteiger partial charge in [0, 0.05) is 24.9 Å². The van der Waals surface area contributed by atoms with E-state index in [4.69, 9.17) is 9.15 Å². The Labute approximate surface area is 161 Å². The van der Waals surface area contributed by atoms with E-state index >= 15 is 0 Å². The zero-order valence-corrected chi connectivity index (χ0v) is 16.8. The van der Waals surface area contributed by atoms with Crippen LogP contribution < -0.4 is 15.4 Å². The van der Waals surface area contributed by atoms with Crippen molar-refractivity contribution in [1.82, 2.24) is 15.6 Å². The fraction of sp³-hybridized carbons (Fsp3) is 0.524. The summed E-state index contributed by atoms with van der Waals surface area (Å²) >= 11 is 0. The van der Waals surface area contributed by atoms with Crippen molar-refractivity contribution in [2.75, 3.05) is 19.7 Å². The number of guanidine groups is 1. The van der Waals surface area contributed by atoms with Gasteiger partial charge < -0.3 is 19.8 Å². The topological polar surface area (TPSA) is 71.7 Å². The summed E-state index contributed by atoms with van der Waals surface area (Å²) < 4.78 is 11.4. The van der Waals surface area contributed by atoms with E-state index in [9.17, 15) is 0 Å². The molecule has 27 heavy (non-hydrogen) atoms. The minimum absolute atomic E-state index is 0.0430. The molecule has 2 heterocycles. The van der Waals surface area contributed by atoms with Crippen molar-refractivity contribution >= 4 is 5.96 Å². The highest BCUT2D eigenvalue weighted by Crippen LogP contribution is 2.26. The SMILES string of the molecule is CCNC(=NCc1ncc(C(C)(C)C)o1)NCCc1ccc2c(c1)CCO2. The molecule has 1 aromatic carbocycles. The molecular formula is C21H30N4O2. The third-order valence-corrected chi connectivity index (χ3v) is 4.47. The van der Waals surface area contributed by atoms with Crippen LogP contribution in [0.5, 0.6) is 5.75 Å². The van der Waals surface area contributed by atoms with Gasteiger partial charge in [0.05, 0.1) is 12.8 Å². The van der Waals surface area contributed by atoms with Crippen LogP contribution >= 0.6 is 0 Å². The van der Waals surface area contributed by atoms with E-state index in [1.54, 1.807) is 6.20 Å². The molecule has 0 saturated carbocycles. The van der Waals surface area contributed by atoms with Crippen molar-refractivity contribution < 1.29 is 9.15 Å². The lowest BCUT2D eigenvalue weighted by Gasteiger charge is -2.13. The molecule has 0 atom stereocenters. The van der Waals surface area contributed by atoms with E-state index < -0.39 is 0 Å². The number of benzene rings is 1. The van der Waals surface area contributed by atoms with Crippen LogP contribution in [0, 0.1) is 0 Å². The summed E-state index contributed by atoms with van der Waals surface area (Å²) in [5.74, 6) is 3.32. The Morgan fingerprint density at radius 3 is 2.85 bits per heavy atom. The number of nitrogens with one attached hydrogen (secondary N) is 2. The normalized spacial score (nSPS) is 14.0. The highest BCUT2D eigenvalue weighted by Gasteiger charge is 2.19. The molecule has 0 fully saturated rings. The standard InChI is InChI=1S/C21H30N4O2/c1-5-22-20(25-14-19-24-13-18(27-19)21(2,3)4)23-10-8-15-6-7-17-16(12-15)9-11-26-17/h6-7,12-13H,5,8-11,14H2,1-4H3,(H2,22,23,25). The monoisotopic (exact) mass is 370 g/mol. The second-order valence-corrected chi connectivity index (χ2v) is 7.78. The molecule has 0 unspecified atom stereocenters. The molecule has 0 radical (unpaired) electrons. The summed E-state index contributed by atoms with van der Waals surface area (Å²) in [4.78, 5) is 8.92. The van der Waals surface area contributed by atoms with Crippen molar-refractivity contribution in [3.8, 4) is 5.75 Å². The van der Waals surface area contributed by atoms with Crippen LogP contribution in [0.1, 0.15) is 50.5 Å². The Kier molecular flexibility index (Phi) is 6.04. The number of nitrogens with zero attached hydrogens (tertiary/aromatic N) is 2. The van der Waals surface area contributed by atoms with E-state index in [1.807, 2.05) is 0 Å². The van der Waals surface area contributed by atoms with Gasteiger partial charge in [0.2, 0.25) is 5.89 Å². The summed E-state index contributed by atoms with van der Waals surface area (Å²) in [5, 5.41) is 6.65. The van der Waals surface area contributed by atoms with Gasteiger partial charge in [-0.05, 0) is 30.5 Å². The number of hydrogen-bond donors (Lipinski definition) is 2. The fourth-order valence-electron chi connectivity index (χ4n) is 2.94. The van der Waals surface area contributed by atoms with Gasteiger partial charge in [-0.25, -0.2) is 9.98 Å². The molecule has 146 valence electrons. The third-order valence-electron chi connectivity index (χ3n) is 4.47. The van der Waals surface area contributed by atoms with Gasteiger partial charge in [0.1, 0.15) is 18.1 Å². The molecule has 2 aromatic rings. The average molecular weight is 370 g/mol. The first-order valence-electron chi connectivity index (χ1n) is 9.67. The van der Waals surface area contributed by atoms with Crippen LogP contribution in [0.25, 0.3) is 0 Å². The predicted octanol–water partition coefficient (Wildman–Crippen LogP) is 3.20. The molecule has 0 amide bonds. The maximum Gasteiger partial charge on any atom is 0.216 e. The Morgan fingerprint density at radius 1 is 1.26 bits per heavy atom. The van der Waals surface area contributed by atoms with Gasteiger partial charge in [-0.15, -0.1) is 0 Å². The van der Waals surface area contributed by atoms with Crippen molar-refractivity contribution in [3.63, 3.8) is 0 Å². The quantitative estimate of drug-likeness (QED) is 0.603. The lowest BCUT2D eigenvalue weighted by molar-refractivity contribution is 0.357. The van der Waals surface area contributed by atoms with Crippen molar-refractivity contribution in [1.29, 1.82) is 0 Å². The number of fused-ring (bicyclic) bond motifs is 1. The molecule has 0 aliphatic carbocycles. The Hall–Kier alpha value is -2.50. The molecule has 0 bridgehead atoms. The number of aromatic nitrogens is 1. The van der Waals surface area contributed by atoms with Crippen LogP contribution in [0.2, 0.25) is 0 Å². The maximum absolute atomic E-state index is 5.81. The number of hydrogen-bond acceptors (Lipinski definition) is 4. The number of oxazole rings is 1. The van der Waals surface area contributed by atoms with Crippen LogP contribution in [-0.4, -0.2) is 30.6 Å². The molecule has 1 aliphatic rings. The minimum atomic E-state index is -0.0430. The first kappa shape index (κ1) is 19.3. The lowest BCUT2D eigenvalue weighted by atomic mass is 9.94. The molecule has 3 rings (SSSR count). The van der Waals surface area contributed by atoms with Gasteiger partial charge in [0.15, 0.2) is 5.96 Å². The first-order chi connectivity index (χ1) is 13.0. The Balaban J connectivity index is 1.54. The zero-order valence-electron chi connectivity index (χ0n) is 16.8. The Morgan fingerprint density at radius 2 is 2.11 bits per heavy atom. The number of rotatable bonds is 6. The van der Waals surface area contributed by atoms with Crippen LogP contribution in [0.15, 0.2) is 33.8 Å². The lowest BCUT2D eigenvalue weighted by Crippen LogP contribution is -2.38. The minimum Gasteiger partial charge on any atom is -0.493 e.